The van der Waals surface area contributed by atoms with Gasteiger partial charge in [-0.15, -0.1) is 0 Å². The third-order valence-electron chi connectivity index (χ3n) is 4.25. The third-order valence-corrected chi connectivity index (χ3v) is 5.07. The van der Waals surface area contributed by atoms with Crippen molar-refractivity contribution in [3.05, 3.63) is 63.1 Å². The molecule has 0 radical (unpaired) electrons. The fraction of sp³-hybridized carbons (Fsp3) is 0.333. The van der Waals surface area contributed by atoms with E-state index in [0.717, 1.165) is 0 Å². The van der Waals surface area contributed by atoms with E-state index in [-0.39, 0.29) is 25.0 Å². The van der Waals surface area contributed by atoms with Crippen molar-refractivity contribution in [2.75, 3.05) is 13.2 Å². The normalized spacial score (nSPS) is 11.6. The van der Waals surface area contributed by atoms with Crippen molar-refractivity contribution in [2.45, 2.75) is 32.9 Å². The van der Waals surface area contributed by atoms with E-state index in [1.807, 2.05) is 13.8 Å². The van der Waals surface area contributed by atoms with Crippen LogP contribution in [0.1, 0.15) is 25.8 Å². The summed E-state index contributed by atoms with van der Waals surface area (Å²) in [5, 5.41) is 4.21. The Bertz CT molecular complexity index is 861. The lowest BCUT2D eigenvalue weighted by molar-refractivity contribution is -0.142. The van der Waals surface area contributed by atoms with Crippen molar-refractivity contribution >= 4 is 46.6 Å². The van der Waals surface area contributed by atoms with Crippen LogP contribution in [0.15, 0.2) is 42.5 Å². The number of benzene rings is 2. The number of hydrogen-bond acceptors (Lipinski definition) is 3. The van der Waals surface area contributed by atoms with Gasteiger partial charge in [0.2, 0.25) is 5.91 Å². The SMILES string of the molecule is CCNC(=O)[C@H](CC)N(Cc1ccc(Cl)cc1Cl)C(=O)COc1cccc(Cl)c1. The molecule has 29 heavy (non-hydrogen) atoms. The Morgan fingerprint density at radius 3 is 2.41 bits per heavy atom. The van der Waals surface area contributed by atoms with Crippen LogP contribution < -0.4 is 10.1 Å². The van der Waals surface area contributed by atoms with E-state index in [9.17, 15) is 9.59 Å². The molecule has 0 saturated carbocycles. The number of carbonyl (C=O) groups excluding carboxylic acids is 2. The van der Waals surface area contributed by atoms with Gasteiger partial charge in [-0.05, 0) is 49.2 Å². The Morgan fingerprint density at radius 1 is 1.07 bits per heavy atom. The predicted octanol–water partition coefficient (Wildman–Crippen LogP) is 4.97. The zero-order valence-electron chi connectivity index (χ0n) is 16.3. The van der Waals surface area contributed by atoms with Crippen LogP contribution in [0, 0.1) is 0 Å². The molecule has 1 atom stereocenters. The maximum absolute atomic E-state index is 13.0. The molecule has 0 spiro atoms. The molecule has 0 aliphatic rings. The summed E-state index contributed by atoms with van der Waals surface area (Å²) in [6.45, 7) is 4.07. The van der Waals surface area contributed by atoms with Crippen LogP contribution in [0.2, 0.25) is 15.1 Å². The van der Waals surface area contributed by atoms with Gasteiger partial charge < -0.3 is 15.0 Å². The number of nitrogens with zero attached hydrogens (tertiary/aromatic N) is 1. The van der Waals surface area contributed by atoms with Crippen LogP contribution in [0.3, 0.4) is 0 Å². The van der Waals surface area contributed by atoms with Gasteiger partial charge in [-0.2, -0.15) is 0 Å². The Kier molecular flexibility index (Phi) is 9.08. The largest absolute Gasteiger partial charge is 0.484 e. The molecule has 5 nitrogen and oxygen atoms in total. The standard InChI is InChI=1S/C21H23Cl3N2O3/c1-3-19(21(28)25-4-2)26(12-14-8-9-16(23)11-18(14)24)20(27)13-29-17-7-5-6-15(22)10-17/h5-11,19H,3-4,12-13H2,1-2H3,(H,25,28)/t19-/m0/s1. The first-order valence-electron chi connectivity index (χ1n) is 9.25. The predicted molar refractivity (Wildman–Crippen MR) is 117 cm³/mol. The van der Waals surface area contributed by atoms with Gasteiger partial charge in [0.1, 0.15) is 11.8 Å². The van der Waals surface area contributed by atoms with E-state index in [4.69, 9.17) is 39.5 Å². The van der Waals surface area contributed by atoms with Crippen LogP contribution in [0.25, 0.3) is 0 Å². The molecule has 0 saturated heterocycles. The molecule has 1 N–H and O–H groups in total. The first-order chi connectivity index (χ1) is 13.8. The summed E-state index contributed by atoms with van der Waals surface area (Å²) >= 11 is 18.2. The summed E-state index contributed by atoms with van der Waals surface area (Å²) in [4.78, 5) is 27.0. The van der Waals surface area contributed by atoms with E-state index in [1.54, 1.807) is 42.5 Å². The molecule has 0 aromatic heterocycles. The number of carbonyl (C=O) groups is 2. The lowest BCUT2D eigenvalue weighted by Gasteiger charge is -2.30. The molecule has 0 unspecified atom stereocenters. The van der Waals surface area contributed by atoms with Gasteiger partial charge in [-0.1, -0.05) is 53.9 Å². The number of ether oxygens (including phenoxy) is 1. The average Bonchev–Trinajstić information content (AvgIpc) is 2.68. The van der Waals surface area contributed by atoms with Crippen LogP contribution in [0.4, 0.5) is 0 Å². The maximum atomic E-state index is 13.0. The molecular formula is C21H23Cl3N2O3. The summed E-state index contributed by atoms with van der Waals surface area (Å²) < 4.78 is 5.59. The highest BCUT2D eigenvalue weighted by molar-refractivity contribution is 6.35. The Balaban J connectivity index is 2.24. The molecule has 8 heteroatoms. The van der Waals surface area contributed by atoms with Crippen molar-refractivity contribution in [2.24, 2.45) is 0 Å². The first kappa shape index (κ1) is 23.3. The number of amides is 2. The highest BCUT2D eigenvalue weighted by Gasteiger charge is 2.29. The molecule has 0 aliphatic heterocycles. The van der Waals surface area contributed by atoms with Crippen LogP contribution >= 0.6 is 34.8 Å². The first-order valence-corrected chi connectivity index (χ1v) is 10.4. The van der Waals surface area contributed by atoms with Crippen molar-refractivity contribution < 1.29 is 14.3 Å². The molecule has 0 aliphatic carbocycles. The van der Waals surface area contributed by atoms with Crippen molar-refractivity contribution in [3.63, 3.8) is 0 Å². The summed E-state index contributed by atoms with van der Waals surface area (Å²) in [6, 6.07) is 11.2. The summed E-state index contributed by atoms with van der Waals surface area (Å²) in [5.74, 6) is -0.0910. The minimum Gasteiger partial charge on any atom is -0.484 e. The number of nitrogens with one attached hydrogen (secondary N) is 1. The highest BCUT2D eigenvalue weighted by atomic mass is 35.5. The van der Waals surface area contributed by atoms with Gasteiger partial charge in [0.15, 0.2) is 6.61 Å². The van der Waals surface area contributed by atoms with E-state index in [1.165, 1.54) is 4.90 Å². The molecule has 0 bridgehead atoms. The fourth-order valence-electron chi connectivity index (χ4n) is 2.83. The van der Waals surface area contributed by atoms with Gasteiger partial charge in [-0.25, -0.2) is 0 Å². The van der Waals surface area contributed by atoms with E-state index < -0.39 is 6.04 Å². The molecule has 0 fully saturated rings. The lowest BCUT2D eigenvalue weighted by atomic mass is 10.1. The Hall–Kier alpha value is -1.95. The van der Waals surface area contributed by atoms with E-state index in [0.29, 0.717) is 39.3 Å². The minimum absolute atomic E-state index is 0.156. The molecule has 2 aromatic rings. The van der Waals surface area contributed by atoms with Crippen molar-refractivity contribution in [1.82, 2.24) is 10.2 Å². The minimum atomic E-state index is -0.655. The number of likely N-dealkylation sites (N-methyl/N-ethyl adjacent to an activating group) is 1. The zero-order chi connectivity index (χ0) is 21.4. The molecule has 0 heterocycles. The molecule has 2 aromatic carbocycles. The summed E-state index contributed by atoms with van der Waals surface area (Å²) in [5.41, 5.74) is 0.690. The Morgan fingerprint density at radius 2 is 1.79 bits per heavy atom. The third kappa shape index (κ3) is 6.81. The Labute approximate surface area is 185 Å². The molecule has 2 rings (SSSR count). The molecule has 2 amide bonds. The monoisotopic (exact) mass is 456 g/mol. The number of halogens is 3. The molecule has 156 valence electrons. The molecular weight excluding hydrogens is 435 g/mol. The number of hydrogen-bond donors (Lipinski definition) is 1. The van der Waals surface area contributed by atoms with Crippen LogP contribution in [0.5, 0.6) is 5.75 Å². The van der Waals surface area contributed by atoms with Gasteiger partial charge in [0, 0.05) is 28.2 Å². The second-order valence-electron chi connectivity index (χ2n) is 6.32. The van der Waals surface area contributed by atoms with Crippen LogP contribution in [-0.2, 0) is 16.1 Å². The van der Waals surface area contributed by atoms with E-state index in [2.05, 4.69) is 5.32 Å². The summed E-state index contributed by atoms with van der Waals surface area (Å²) in [7, 11) is 0. The topological polar surface area (TPSA) is 58.6 Å². The highest BCUT2D eigenvalue weighted by Crippen LogP contribution is 2.24. The van der Waals surface area contributed by atoms with Crippen LogP contribution in [-0.4, -0.2) is 35.9 Å². The maximum Gasteiger partial charge on any atom is 0.261 e. The smallest absolute Gasteiger partial charge is 0.261 e. The lowest BCUT2D eigenvalue weighted by Crippen LogP contribution is -2.50. The fourth-order valence-corrected chi connectivity index (χ4v) is 3.48. The number of rotatable bonds is 9. The van der Waals surface area contributed by atoms with Gasteiger partial charge in [0.25, 0.3) is 5.91 Å². The van der Waals surface area contributed by atoms with Crippen molar-refractivity contribution in [1.29, 1.82) is 0 Å². The second kappa shape index (κ2) is 11.3. The quantitative estimate of drug-likeness (QED) is 0.578. The zero-order valence-corrected chi connectivity index (χ0v) is 18.5. The van der Waals surface area contributed by atoms with Gasteiger partial charge in [-0.3, -0.25) is 9.59 Å². The second-order valence-corrected chi connectivity index (χ2v) is 7.60. The van der Waals surface area contributed by atoms with Gasteiger partial charge in [0.05, 0.1) is 0 Å². The average molecular weight is 458 g/mol. The van der Waals surface area contributed by atoms with Gasteiger partial charge >= 0.3 is 0 Å². The van der Waals surface area contributed by atoms with E-state index >= 15 is 0 Å². The van der Waals surface area contributed by atoms with Crippen molar-refractivity contribution in [3.8, 4) is 5.75 Å². The summed E-state index contributed by atoms with van der Waals surface area (Å²) in [6.07, 6.45) is 0.444.